The molecule has 10 atom stereocenters. The van der Waals surface area contributed by atoms with E-state index in [2.05, 4.69) is 0 Å². The number of carbonyl (C=O) groups excluding carboxylic acids is 4. The predicted octanol–water partition coefficient (Wildman–Crippen LogP) is 0.483. The number of esters is 4. The van der Waals surface area contributed by atoms with Gasteiger partial charge in [0.15, 0.2) is 42.5 Å². The van der Waals surface area contributed by atoms with Gasteiger partial charge in [0.25, 0.3) is 0 Å². The van der Waals surface area contributed by atoms with E-state index in [1.54, 1.807) is 27.7 Å². The second-order valence-electron chi connectivity index (χ2n) is 11.1. The summed E-state index contributed by atoms with van der Waals surface area (Å²) >= 11 is 0. The quantitative estimate of drug-likeness (QED) is 0.282. The van der Waals surface area contributed by atoms with Crippen LogP contribution in [0.25, 0.3) is 0 Å². The van der Waals surface area contributed by atoms with Crippen LogP contribution < -0.4 is 0 Å². The Hall–Kier alpha value is -2.40. The fraction of sp³-hybridized carbons (Fsp3) is 0.846. The smallest absolute Gasteiger partial charge is 0.303 e. The molecule has 4 rings (SSSR count). The average Bonchev–Trinajstić information content (AvgIpc) is 3.32. The normalized spacial score (nSPS) is 38.7. The van der Waals surface area contributed by atoms with Crippen LogP contribution in [-0.2, 0) is 71.3 Å². The lowest BCUT2D eigenvalue weighted by Gasteiger charge is -2.44. The van der Waals surface area contributed by atoms with E-state index in [1.807, 2.05) is 0 Å². The van der Waals surface area contributed by atoms with Gasteiger partial charge in [0.2, 0.25) is 0 Å². The SMILES string of the molecule is CC(=O)OC[C@H]1O[C@H](OC[C@@H]2O[C@@H]3OC(C)(C)O[C@@H]3[C@H]3OC(C)(C)O[C@H]32)[C@@H](OC(C)=O)[C@@H](OC(C)=O)[C@@H]1OC(C)=O. The zero-order chi connectivity index (χ0) is 30.3. The number of ether oxygens (including phenoxy) is 11. The van der Waals surface area contributed by atoms with Gasteiger partial charge in [-0.2, -0.15) is 0 Å². The van der Waals surface area contributed by atoms with Gasteiger partial charge in [0.05, 0.1) is 6.61 Å². The molecule has 0 bridgehead atoms. The molecule has 4 aliphatic heterocycles. The van der Waals surface area contributed by atoms with Crippen molar-refractivity contribution in [2.75, 3.05) is 13.2 Å². The van der Waals surface area contributed by atoms with Gasteiger partial charge in [-0.25, -0.2) is 0 Å². The monoisotopic (exact) mass is 590 g/mol. The van der Waals surface area contributed by atoms with Gasteiger partial charge in [-0.15, -0.1) is 0 Å². The summed E-state index contributed by atoms with van der Waals surface area (Å²) in [6.45, 7) is 11.1. The Balaban J connectivity index is 1.59. The van der Waals surface area contributed by atoms with E-state index in [0.29, 0.717) is 0 Å². The molecule has 4 fully saturated rings. The summed E-state index contributed by atoms with van der Waals surface area (Å²) in [6, 6.07) is 0. The maximum Gasteiger partial charge on any atom is 0.303 e. The topological polar surface area (TPSA) is 170 Å². The van der Waals surface area contributed by atoms with E-state index in [1.165, 1.54) is 6.92 Å². The summed E-state index contributed by atoms with van der Waals surface area (Å²) < 4.78 is 63.8. The Labute approximate surface area is 237 Å². The average molecular weight is 591 g/mol. The third-order valence-electron chi connectivity index (χ3n) is 6.62. The van der Waals surface area contributed by atoms with E-state index in [-0.39, 0.29) is 13.2 Å². The molecule has 15 nitrogen and oxygen atoms in total. The van der Waals surface area contributed by atoms with Crippen LogP contribution in [-0.4, -0.2) is 110 Å². The standard InChI is InChI=1S/C26H38O15/c1-11(27)31-9-15-17(33-12(2)28)19(34-13(3)29)21(35-14(4)30)23(36-15)32-10-16-18-20(39-25(5,6)38-18)22-24(37-16)41-26(7,8)40-22/h15-24H,9-10H2,1-8H3/t15-,16+,17-,18+,19+,20+,21+,22-,23+,24-/m1/s1. The molecule has 0 radical (unpaired) electrons. The van der Waals surface area contributed by atoms with Crippen LogP contribution in [0, 0.1) is 0 Å². The molecule has 0 saturated carbocycles. The van der Waals surface area contributed by atoms with Crippen LogP contribution >= 0.6 is 0 Å². The minimum absolute atomic E-state index is 0.179. The van der Waals surface area contributed by atoms with Crippen LogP contribution in [0.5, 0.6) is 0 Å². The van der Waals surface area contributed by atoms with E-state index in [0.717, 1.165) is 20.8 Å². The molecule has 4 saturated heterocycles. The van der Waals surface area contributed by atoms with Gasteiger partial charge in [-0.1, -0.05) is 0 Å². The fourth-order valence-electron chi connectivity index (χ4n) is 5.34. The van der Waals surface area contributed by atoms with Gasteiger partial charge in [-0.05, 0) is 27.7 Å². The maximum absolute atomic E-state index is 12.1. The highest BCUT2D eigenvalue weighted by atomic mass is 16.9. The van der Waals surface area contributed by atoms with Crippen molar-refractivity contribution < 1.29 is 71.3 Å². The number of fused-ring (bicyclic) bond motifs is 3. The first-order valence-electron chi connectivity index (χ1n) is 13.3. The molecule has 4 heterocycles. The number of rotatable bonds is 8. The van der Waals surface area contributed by atoms with Crippen LogP contribution in [0.15, 0.2) is 0 Å². The highest BCUT2D eigenvalue weighted by Crippen LogP contribution is 2.44. The zero-order valence-electron chi connectivity index (χ0n) is 24.3. The van der Waals surface area contributed by atoms with Crippen molar-refractivity contribution in [2.45, 2.75) is 128 Å². The minimum atomic E-state index is -1.37. The molecule has 232 valence electrons. The van der Waals surface area contributed by atoms with Gasteiger partial charge in [0.1, 0.15) is 37.1 Å². The lowest BCUT2D eigenvalue weighted by molar-refractivity contribution is -0.320. The Morgan fingerprint density at radius 1 is 0.585 bits per heavy atom. The van der Waals surface area contributed by atoms with Crippen molar-refractivity contribution in [1.29, 1.82) is 0 Å². The van der Waals surface area contributed by atoms with Crippen LogP contribution in [0.2, 0.25) is 0 Å². The number of hydrogen-bond acceptors (Lipinski definition) is 15. The summed E-state index contributed by atoms with van der Waals surface area (Å²) in [4.78, 5) is 47.6. The number of hydrogen-bond donors (Lipinski definition) is 0. The van der Waals surface area contributed by atoms with Crippen molar-refractivity contribution in [1.82, 2.24) is 0 Å². The van der Waals surface area contributed by atoms with Crippen molar-refractivity contribution in [2.24, 2.45) is 0 Å². The highest BCUT2D eigenvalue weighted by molar-refractivity contribution is 5.68. The Morgan fingerprint density at radius 2 is 1.12 bits per heavy atom. The maximum atomic E-state index is 12.1. The van der Waals surface area contributed by atoms with Crippen molar-refractivity contribution in [3.8, 4) is 0 Å². The van der Waals surface area contributed by atoms with Crippen molar-refractivity contribution in [3.63, 3.8) is 0 Å². The summed E-state index contributed by atoms with van der Waals surface area (Å²) in [7, 11) is 0. The first-order valence-corrected chi connectivity index (χ1v) is 13.3. The molecule has 41 heavy (non-hydrogen) atoms. The van der Waals surface area contributed by atoms with Crippen LogP contribution in [0.4, 0.5) is 0 Å². The predicted molar refractivity (Wildman–Crippen MR) is 130 cm³/mol. The largest absolute Gasteiger partial charge is 0.463 e. The van der Waals surface area contributed by atoms with Crippen molar-refractivity contribution >= 4 is 23.9 Å². The molecule has 0 unspecified atom stereocenters. The first kappa shape index (κ1) is 31.5. The molecule has 15 heteroatoms. The molecule has 0 aromatic rings. The van der Waals surface area contributed by atoms with Gasteiger partial charge in [0, 0.05) is 27.7 Å². The lowest BCUT2D eigenvalue weighted by Crippen LogP contribution is -2.63. The second kappa shape index (κ2) is 12.1. The first-order chi connectivity index (χ1) is 19.0. The summed E-state index contributed by atoms with van der Waals surface area (Å²) in [5.74, 6) is -4.72. The molecule has 4 aliphatic rings. The molecule has 0 aliphatic carbocycles. The fourth-order valence-corrected chi connectivity index (χ4v) is 5.34. The zero-order valence-corrected chi connectivity index (χ0v) is 24.3. The molecule has 0 N–H and O–H groups in total. The molecule has 0 amide bonds. The Kier molecular flexibility index (Phi) is 9.28. The summed E-state index contributed by atoms with van der Waals surface area (Å²) in [6.07, 6.45) is -9.82. The molecular weight excluding hydrogens is 552 g/mol. The molecule has 0 aromatic heterocycles. The molecule has 0 aromatic carbocycles. The van der Waals surface area contributed by atoms with E-state index in [4.69, 9.17) is 52.1 Å². The third kappa shape index (κ3) is 7.52. The molecular formula is C26H38O15. The second-order valence-corrected chi connectivity index (χ2v) is 11.1. The minimum Gasteiger partial charge on any atom is -0.463 e. The number of carbonyl (C=O) groups is 4. The van der Waals surface area contributed by atoms with Gasteiger partial charge in [-0.3, -0.25) is 19.2 Å². The van der Waals surface area contributed by atoms with E-state index >= 15 is 0 Å². The highest BCUT2D eigenvalue weighted by Gasteiger charge is 2.61. The van der Waals surface area contributed by atoms with Gasteiger partial charge < -0.3 is 52.1 Å². The van der Waals surface area contributed by atoms with E-state index < -0.39 is 96.9 Å². The van der Waals surface area contributed by atoms with Crippen LogP contribution in [0.3, 0.4) is 0 Å². The van der Waals surface area contributed by atoms with Crippen LogP contribution in [0.1, 0.15) is 55.4 Å². The molecule has 0 spiro atoms. The van der Waals surface area contributed by atoms with Gasteiger partial charge >= 0.3 is 23.9 Å². The Bertz CT molecular complexity index is 1010. The Morgan fingerprint density at radius 3 is 1.73 bits per heavy atom. The van der Waals surface area contributed by atoms with E-state index in [9.17, 15) is 19.2 Å². The van der Waals surface area contributed by atoms with Crippen molar-refractivity contribution in [3.05, 3.63) is 0 Å². The summed E-state index contributed by atoms with van der Waals surface area (Å²) in [5, 5.41) is 0. The third-order valence-corrected chi connectivity index (χ3v) is 6.62. The lowest BCUT2D eigenvalue weighted by atomic mass is 9.97. The summed E-state index contributed by atoms with van der Waals surface area (Å²) in [5.41, 5.74) is 0.